The zero-order valence-electron chi connectivity index (χ0n) is 18.4. The van der Waals surface area contributed by atoms with Crippen molar-refractivity contribution < 1.29 is 9.59 Å². The Morgan fingerprint density at radius 2 is 1.90 bits per heavy atom. The largest absolute Gasteiger partial charge is 0.348 e. The van der Waals surface area contributed by atoms with Gasteiger partial charge in [0.1, 0.15) is 11.5 Å². The van der Waals surface area contributed by atoms with E-state index in [0.29, 0.717) is 18.1 Å². The van der Waals surface area contributed by atoms with Crippen molar-refractivity contribution in [3.63, 3.8) is 0 Å². The zero-order valence-corrected chi connectivity index (χ0v) is 18.4. The van der Waals surface area contributed by atoms with Crippen LogP contribution in [0.3, 0.4) is 0 Å². The van der Waals surface area contributed by atoms with Gasteiger partial charge in [0.25, 0.3) is 5.91 Å². The molecule has 4 rings (SSSR count). The third kappa shape index (κ3) is 3.73. The van der Waals surface area contributed by atoms with E-state index in [-0.39, 0.29) is 29.5 Å². The van der Waals surface area contributed by atoms with Gasteiger partial charge in [-0.25, -0.2) is 15.0 Å². The van der Waals surface area contributed by atoms with E-state index in [9.17, 15) is 9.59 Å². The number of rotatable bonds is 4. The van der Waals surface area contributed by atoms with Crippen LogP contribution in [-0.4, -0.2) is 37.8 Å². The fourth-order valence-corrected chi connectivity index (χ4v) is 4.01. The van der Waals surface area contributed by atoms with Gasteiger partial charge in [-0.3, -0.25) is 19.5 Å². The van der Waals surface area contributed by atoms with Crippen molar-refractivity contribution in [3.8, 4) is 0 Å². The van der Waals surface area contributed by atoms with Gasteiger partial charge in [-0.2, -0.15) is 0 Å². The average molecular weight is 419 g/mol. The van der Waals surface area contributed by atoms with Crippen LogP contribution < -0.4 is 10.2 Å². The summed E-state index contributed by atoms with van der Waals surface area (Å²) >= 11 is 0. The highest BCUT2D eigenvalue weighted by Gasteiger charge is 2.52. The summed E-state index contributed by atoms with van der Waals surface area (Å²) in [5, 5.41) is 2.81. The highest BCUT2D eigenvalue weighted by molar-refractivity contribution is 6.04. The summed E-state index contributed by atoms with van der Waals surface area (Å²) in [7, 11) is 0. The molecule has 160 valence electrons. The number of aromatic nitrogens is 4. The topological polar surface area (TPSA) is 101 Å². The lowest BCUT2D eigenvalue weighted by Crippen LogP contribution is -2.33. The molecule has 1 aliphatic carbocycles. The molecule has 0 bridgehead atoms. The van der Waals surface area contributed by atoms with Crippen LogP contribution in [0.4, 0.5) is 5.82 Å². The first-order valence-corrected chi connectivity index (χ1v) is 10.4. The number of nitrogens with one attached hydrogen (secondary N) is 1. The van der Waals surface area contributed by atoms with E-state index in [4.69, 9.17) is 0 Å². The molecule has 0 spiro atoms. The predicted molar refractivity (Wildman–Crippen MR) is 117 cm³/mol. The van der Waals surface area contributed by atoms with Gasteiger partial charge in [-0.05, 0) is 38.8 Å². The normalized spacial score (nSPS) is 19.7. The molecule has 0 radical (unpaired) electrons. The molecule has 2 aromatic rings. The molecular weight excluding hydrogens is 392 g/mol. The molecule has 1 N–H and O–H groups in total. The molecule has 8 nitrogen and oxygen atoms in total. The van der Waals surface area contributed by atoms with E-state index in [2.05, 4.69) is 31.3 Å². The smallest absolute Gasteiger partial charge is 0.271 e. The van der Waals surface area contributed by atoms with Gasteiger partial charge in [0.2, 0.25) is 5.91 Å². The molecule has 1 fully saturated rings. The molecule has 0 saturated carbocycles. The number of nitrogens with zero attached hydrogens (tertiary/aromatic N) is 5. The zero-order chi connectivity index (χ0) is 22.3. The molecule has 1 unspecified atom stereocenters. The van der Waals surface area contributed by atoms with Gasteiger partial charge in [0, 0.05) is 35.6 Å². The van der Waals surface area contributed by atoms with E-state index in [0.717, 1.165) is 16.8 Å². The Labute approximate surface area is 181 Å². The average Bonchev–Trinajstić information content (AvgIpc) is 2.93. The number of anilines is 1. The maximum absolute atomic E-state index is 13.4. The predicted octanol–water partition coefficient (Wildman–Crippen LogP) is 3.07. The van der Waals surface area contributed by atoms with E-state index >= 15 is 0 Å². The van der Waals surface area contributed by atoms with E-state index < -0.39 is 5.41 Å². The molecule has 2 aromatic heterocycles. The van der Waals surface area contributed by atoms with Crippen molar-refractivity contribution in [2.45, 2.75) is 47.1 Å². The Morgan fingerprint density at radius 3 is 2.58 bits per heavy atom. The van der Waals surface area contributed by atoms with Gasteiger partial charge in [0.15, 0.2) is 5.82 Å². The van der Waals surface area contributed by atoms with Crippen LogP contribution in [0, 0.1) is 18.3 Å². The van der Waals surface area contributed by atoms with Crippen LogP contribution in [-0.2, 0) is 4.79 Å². The first-order chi connectivity index (χ1) is 14.7. The Morgan fingerprint density at radius 1 is 1.19 bits per heavy atom. The molecule has 0 aromatic carbocycles. The fourth-order valence-electron chi connectivity index (χ4n) is 4.01. The van der Waals surface area contributed by atoms with E-state index in [1.807, 2.05) is 40.7 Å². The van der Waals surface area contributed by atoms with Crippen LogP contribution in [0.1, 0.15) is 56.0 Å². The highest BCUT2D eigenvalue weighted by atomic mass is 16.2. The number of amides is 2. The second kappa shape index (κ2) is 7.68. The first-order valence-electron chi connectivity index (χ1n) is 10.4. The lowest BCUT2D eigenvalue weighted by Gasteiger charge is -2.25. The van der Waals surface area contributed by atoms with Gasteiger partial charge in [0.05, 0.1) is 17.8 Å². The van der Waals surface area contributed by atoms with E-state index in [1.165, 1.54) is 12.4 Å². The van der Waals surface area contributed by atoms with Gasteiger partial charge in [-0.1, -0.05) is 19.9 Å². The van der Waals surface area contributed by atoms with Crippen molar-refractivity contribution in [1.29, 1.82) is 0 Å². The number of carbonyl (C=O) groups excluding carboxylic acids is 2. The van der Waals surface area contributed by atoms with Crippen molar-refractivity contribution in [1.82, 2.24) is 25.3 Å². The summed E-state index contributed by atoms with van der Waals surface area (Å²) in [5.41, 5.74) is 2.28. The Bertz CT molecular complexity index is 1100. The quantitative estimate of drug-likeness (QED) is 0.819. The summed E-state index contributed by atoms with van der Waals surface area (Å²) in [4.78, 5) is 44.7. The van der Waals surface area contributed by atoms with Crippen molar-refractivity contribution in [3.05, 3.63) is 59.7 Å². The SMILES string of the molecule is Cc1ncc(C2=CCC3C(=C2)N(c2cncc(C(=O)NC(C)C)n2)C(=O)C3(C)C)cn1. The number of hydrogen-bond acceptors (Lipinski definition) is 6. The lowest BCUT2D eigenvalue weighted by molar-refractivity contribution is -0.125. The molecule has 3 heterocycles. The van der Waals surface area contributed by atoms with Crippen LogP contribution in [0.15, 0.2) is 42.6 Å². The Kier molecular flexibility index (Phi) is 5.16. The number of allylic oxidation sites excluding steroid dienone is 4. The van der Waals surface area contributed by atoms with Crippen molar-refractivity contribution >= 4 is 23.2 Å². The Hall–Kier alpha value is -3.42. The minimum atomic E-state index is -0.602. The minimum absolute atomic E-state index is 0.00469. The highest BCUT2D eigenvalue weighted by Crippen LogP contribution is 2.50. The number of fused-ring (bicyclic) bond motifs is 1. The van der Waals surface area contributed by atoms with Crippen LogP contribution in [0.5, 0.6) is 0 Å². The molecule has 1 atom stereocenters. The van der Waals surface area contributed by atoms with Crippen molar-refractivity contribution in [2.24, 2.45) is 11.3 Å². The van der Waals surface area contributed by atoms with Crippen LogP contribution in [0.25, 0.3) is 5.57 Å². The third-order valence-corrected chi connectivity index (χ3v) is 5.74. The monoisotopic (exact) mass is 418 g/mol. The molecule has 1 aliphatic heterocycles. The maximum Gasteiger partial charge on any atom is 0.271 e. The lowest BCUT2D eigenvalue weighted by atomic mass is 9.75. The second-order valence-electron chi connectivity index (χ2n) is 8.79. The summed E-state index contributed by atoms with van der Waals surface area (Å²) < 4.78 is 0. The van der Waals surface area contributed by atoms with Crippen molar-refractivity contribution in [2.75, 3.05) is 4.90 Å². The molecule has 2 aliphatic rings. The standard InChI is InChI=1S/C23H26N6O2/c1-13(2)27-21(30)18-11-24-12-20(28-18)29-19-8-15(16-9-25-14(3)26-10-16)6-7-17(19)23(4,5)22(29)31/h6,8-13,17H,7H2,1-5H3,(H,27,30). The van der Waals surface area contributed by atoms with Crippen LogP contribution >= 0.6 is 0 Å². The van der Waals surface area contributed by atoms with Gasteiger partial charge >= 0.3 is 0 Å². The Balaban J connectivity index is 1.75. The number of hydrogen-bond donors (Lipinski definition) is 1. The molecule has 1 saturated heterocycles. The summed E-state index contributed by atoms with van der Waals surface area (Å²) in [6.45, 7) is 9.49. The first kappa shape index (κ1) is 20.8. The second-order valence-corrected chi connectivity index (χ2v) is 8.79. The summed E-state index contributed by atoms with van der Waals surface area (Å²) in [6.07, 6.45) is 11.3. The minimum Gasteiger partial charge on any atom is -0.348 e. The third-order valence-electron chi connectivity index (χ3n) is 5.74. The number of aryl methyl sites for hydroxylation is 1. The molecule has 8 heteroatoms. The summed E-state index contributed by atoms with van der Waals surface area (Å²) in [5.74, 6) is 0.682. The molecule has 2 amide bonds. The van der Waals surface area contributed by atoms with Gasteiger partial charge < -0.3 is 5.32 Å². The number of carbonyl (C=O) groups is 2. The molecular formula is C23H26N6O2. The maximum atomic E-state index is 13.4. The fraction of sp³-hybridized carbons (Fsp3) is 0.391. The van der Waals surface area contributed by atoms with Crippen LogP contribution in [0.2, 0.25) is 0 Å². The van der Waals surface area contributed by atoms with E-state index in [1.54, 1.807) is 17.3 Å². The summed E-state index contributed by atoms with van der Waals surface area (Å²) in [6, 6.07) is -0.0276. The van der Waals surface area contributed by atoms with Gasteiger partial charge in [-0.15, -0.1) is 0 Å². The molecule has 31 heavy (non-hydrogen) atoms.